The molecule has 0 saturated heterocycles. The molecule has 1 aliphatic heterocycles. The zero-order valence-electron chi connectivity index (χ0n) is 11.3. The zero-order valence-corrected chi connectivity index (χ0v) is 11.3. The molecule has 1 aromatic heterocycles. The number of aromatic amines is 1. The number of rotatable bonds is 3. The summed E-state index contributed by atoms with van der Waals surface area (Å²) in [4.78, 5) is 15.1. The largest absolute Gasteiger partial charge is 0.384 e. The highest BCUT2D eigenvalue weighted by Crippen LogP contribution is 2.28. The van der Waals surface area contributed by atoms with Crippen molar-refractivity contribution in [2.24, 2.45) is 0 Å². The molecule has 1 aromatic carbocycles. The number of aryl methyl sites for hydroxylation is 1. The third-order valence-electron chi connectivity index (χ3n) is 3.84. The number of anilines is 1. The number of hydrogen-bond acceptors (Lipinski definition) is 3. The second kappa shape index (κ2) is 5.38. The van der Waals surface area contributed by atoms with E-state index in [0.717, 1.165) is 54.4 Å². The number of pyridine rings is 1. The van der Waals surface area contributed by atoms with Crippen molar-refractivity contribution in [1.29, 1.82) is 5.26 Å². The molecule has 1 aliphatic rings. The van der Waals surface area contributed by atoms with E-state index in [9.17, 15) is 4.79 Å². The summed E-state index contributed by atoms with van der Waals surface area (Å²) in [5.41, 5.74) is 3.95. The van der Waals surface area contributed by atoms with Gasteiger partial charge in [0.25, 0.3) is 5.56 Å². The molecule has 2 heterocycles. The number of benzene rings is 1. The molecule has 20 heavy (non-hydrogen) atoms. The van der Waals surface area contributed by atoms with E-state index >= 15 is 0 Å². The van der Waals surface area contributed by atoms with Crippen LogP contribution in [-0.4, -0.2) is 11.5 Å². The van der Waals surface area contributed by atoms with Crippen LogP contribution in [0.3, 0.4) is 0 Å². The van der Waals surface area contributed by atoms with E-state index in [4.69, 9.17) is 5.26 Å². The van der Waals surface area contributed by atoms with Gasteiger partial charge < -0.3 is 10.3 Å². The van der Waals surface area contributed by atoms with Gasteiger partial charge >= 0.3 is 0 Å². The summed E-state index contributed by atoms with van der Waals surface area (Å²) in [6.07, 6.45) is 4.15. The summed E-state index contributed by atoms with van der Waals surface area (Å²) in [6.45, 7) is 0.926. The lowest BCUT2D eigenvalue weighted by Gasteiger charge is -2.19. The highest BCUT2D eigenvalue weighted by atomic mass is 16.1. The van der Waals surface area contributed by atoms with Crippen molar-refractivity contribution in [3.8, 4) is 6.07 Å². The molecule has 0 atom stereocenters. The van der Waals surface area contributed by atoms with Crippen molar-refractivity contribution in [2.75, 3.05) is 11.9 Å². The minimum atomic E-state index is 0.0221. The van der Waals surface area contributed by atoms with Crippen LogP contribution in [0, 0.1) is 11.3 Å². The first-order valence-corrected chi connectivity index (χ1v) is 7.08. The Balaban J connectivity index is 2.03. The van der Waals surface area contributed by atoms with Gasteiger partial charge in [-0.25, -0.2) is 0 Å². The van der Waals surface area contributed by atoms with Crippen molar-refractivity contribution >= 4 is 16.6 Å². The number of nitriles is 1. The minimum absolute atomic E-state index is 0.0221. The van der Waals surface area contributed by atoms with Crippen LogP contribution >= 0.6 is 0 Å². The number of aromatic nitrogens is 1. The summed E-state index contributed by atoms with van der Waals surface area (Å²) in [5, 5.41) is 13.0. The van der Waals surface area contributed by atoms with Gasteiger partial charge in [-0.2, -0.15) is 5.26 Å². The van der Waals surface area contributed by atoms with E-state index in [1.165, 1.54) is 5.56 Å². The Morgan fingerprint density at radius 1 is 1.35 bits per heavy atom. The molecule has 0 fully saturated rings. The minimum Gasteiger partial charge on any atom is -0.384 e. The molecular weight excluding hydrogens is 250 g/mol. The van der Waals surface area contributed by atoms with Crippen molar-refractivity contribution in [2.45, 2.75) is 32.1 Å². The Hall–Kier alpha value is -2.28. The van der Waals surface area contributed by atoms with Gasteiger partial charge in [-0.1, -0.05) is 12.1 Å². The Morgan fingerprint density at radius 3 is 3.10 bits per heavy atom. The van der Waals surface area contributed by atoms with Crippen LogP contribution in [0.5, 0.6) is 0 Å². The van der Waals surface area contributed by atoms with E-state index in [2.05, 4.69) is 28.5 Å². The van der Waals surface area contributed by atoms with E-state index in [1.807, 2.05) is 6.07 Å². The highest BCUT2D eigenvalue weighted by molar-refractivity contribution is 5.93. The standard InChI is InChI=1S/C16H17N3O/c17-8-2-1-4-11-6-7-12-14(10-11)19-16(20)13-5-3-9-18-15(12)13/h6-7,10,18H,1-5,9H2,(H,19,20). The SMILES string of the molecule is N#CCCCc1ccc2c3c(c(=O)[nH]c2c1)CCCN3. The number of hydrogen-bond donors (Lipinski definition) is 2. The maximum absolute atomic E-state index is 12.1. The third-order valence-corrected chi connectivity index (χ3v) is 3.84. The fraction of sp³-hybridized carbons (Fsp3) is 0.375. The Bertz CT molecular complexity index is 740. The predicted molar refractivity (Wildman–Crippen MR) is 79.9 cm³/mol. The van der Waals surface area contributed by atoms with Gasteiger partial charge in [-0.3, -0.25) is 4.79 Å². The monoisotopic (exact) mass is 267 g/mol. The fourth-order valence-electron chi connectivity index (χ4n) is 2.83. The zero-order chi connectivity index (χ0) is 13.9. The van der Waals surface area contributed by atoms with Crippen molar-refractivity contribution in [3.63, 3.8) is 0 Å². The average Bonchev–Trinajstić information content (AvgIpc) is 2.48. The average molecular weight is 267 g/mol. The third kappa shape index (κ3) is 2.27. The normalized spacial score (nSPS) is 13.6. The molecule has 0 saturated carbocycles. The Morgan fingerprint density at radius 2 is 2.25 bits per heavy atom. The highest BCUT2D eigenvalue weighted by Gasteiger charge is 2.15. The number of unbranched alkanes of at least 4 members (excludes halogenated alkanes) is 1. The van der Waals surface area contributed by atoms with Crippen LogP contribution in [0.25, 0.3) is 10.9 Å². The second-order valence-corrected chi connectivity index (χ2v) is 5.23. The predicted octanol–water partition coefficient (Wildman–Crippen LogP) is 2.73. The topological polar surface area (TPSA) is 68.7 Å². The molecule has 4 nitrogen and oxygen atoms in total. The van der Waals surface area contributed by atoms with Gasteiger partial charge in [0.15, 0.2) is 0 Å². The molecule has 0 radical (unpaired) electrons. The van der Waals surface area contributed by atoms with Gasteiger partial charge in [0.1, 0.15) is 0 Å². The summed E-state index contributed by atoms with van der Waals surface area (Å²) in [5.74, 6) is 0. The molecule has 0 bridgehead atoms. The second-order valence-electron chi connectivity index (χ2n) is 5.23. The molecule has 2 aromatic rings. The van der Waals surface area contributed by atoms with Crippen LogP contribution in [0.4, 0.5) is 5.69 Å². The Kier molecular flexibility index (Phi) is 3.42. The van der Waals surface area contributed by atoms with Gasteiger partial charge in [0.05, 0.1) is 17.3 Å². The van der Waals surface area contributed by atoms with Gasteiger partial charge in [0.2, 0.25) is 0 Å². The summed E-state index contributed by atoms with van der Waals surface area (Å²) in [7, 11) is 0. The smallest absolute Gasteiger partial charge is 0.253 e. The molecule has 0 aliphatic carbocycles. The van der Waals surface area contributed by atoms with Crippen LogP contribution in [-0.2, 0) is 12.8 Å². The Labute approximate surface area is 117 Å². The van der Waals surface area contributed by atoms with E-state index in [1.54, 1.807) is 0 Å². The van der Waals surface area contributed by atoms with Gasteiger partial charge in [-0.05, 0) is 37.3 Å². The first kappa shape index (κ1) is 12.7. The maximum Gasteiger partial charge on any atom is 0.253 e. The number of H-pyrrole nitrogens is 1. The summed E-state index contributed by atoms with van der Waals surface area (Å²) < 4.78 is 0. The first-order valence-electron chi connectivity index (χ1n) is 7.08. The van der Waals surface area contributed by atoms with Crippen molar-refractivity contribution in [3.05, 3.63) is 39.7 Å². The molecule has 2 N–H and O–H groups in total. The maximum atomic E-state index is 12.1. The summed E-state index contributed by atoms with van der Waals surface area (Å²) in [6, 6.07) is 8.36. The van der Waals surface area contributed by atoms with E-state index < -0.39 is 0 Å². The number of fused-ring (bicyclic) bond motifs is 3. The van der Waals surface area contributed by atoms with Gasteiger partial charge in [0, 0.05) is 23.9 Å². The fourth-order valence-corrected chi connectivity index (χ4v) is 2.83. The lowest BCUT2D eigenvalue weighted by atomic mass is 9.99. The summed E-state index contributed by atoms with van der Waals surface area (Å²) >= 11 is 0. The van der Waals surface area contributed by atoms with Crippen molar-refractivity contribution in [1.82, 2.24) is 4.98 Å². The lowest BCUT2D eigenvalue weighted by molar-refractivity contribution is 0.820. The molecule has 3 rings (SSSR count). The molecule has 0 amide bonds. The van der Waals surface area contributed by atoms with Crippen LogP contribution in [0.2, 0.25) is 0 Å². The first-order chi connectivity index (χ1) is 9.79. The quantitative estimate of drug-likeness (QED) is 0.840. The van der Waals surface area contributed by atoms with Crippen molar-refractivity contribution < 1.29 is 0 Å². The lowest BCUT2D eigenvalue weighted by Crippen LogP contribution is -2.22. The molecule has 4 heteroatoms. The molecule has 102 valence electrons. The van der Waals surface area contributed by atoms with Gasteiger partial charge in [-0.15, -0.1) is 0 Å². The number of nitrogens with zero attached hydrogens (tertiary/aromatic N) is 1. The van der Waals surface area contributed by atoms with Crippen LogP contribution < -0.4 is 10.9 Å². The number of nitrogens with one attached hydrogen (secondary N) is 2. The van der Waals surface area contributed by atoms with Crippen LogP contribution in [0.1, 0.15) is 30.4 Å². The van der Waals surface area contributed by atoms with Crippen LogP contribution in [0.15, 0.2) is 23.0 Å². The van der Waals surface area contributed by atoms with E-state index in [-0.39, 0.29) is 5.56 Å². The molecule has 0 spiro atoms. The molecular formula is C16H17N3O. The molecule has 0 unspecified atom stereocenters. The van der Waals surface area contributed by atoms with E-state index in [0.29, 0.717) is 6.42 Å².